The van der Waals surface area contributed by atoms with E-state index >= 15 is 0 Å². The average molecular weight is 331 g/mol. The van der Waals surface area contributed by atoms with Gasteiger partial charge in [0.25, 0.3) is 5.91 Å². The number of rotatable bonds is 8. The number of para-hydroxylation sites is 2. The van der Waals surface area contributed by atoms with Crippen LogP contribution in [-0.4, -0.2) is 41.7 Å². The minimum Gasteiger partial charge on any atom is -0.493 e. The number of nitrogens with one attached hydrogen (secondary N) is 1. The summed E-state index contributed by atoms with van der Waals surface area (Å²) in [4.78, 5) is 14.0. The minimum absolute atomic E-state index is 0.0876. The van der Waals surface area contributed by atoms with Crippen molar-refractivity contribution in [2.45, 2.75) is 26.9 Å². The van der Waals surface area contributed by atoms with Gasteiger partial charge in [-0.05, 0) is 30.5 Å². The molecule has 2 aromatic rings. The lowest BCUT2D eigenvalue weighted by molar-refractivity contribution is 0.0783. The van der Waals surface area contributed by atoms with Crippen LogP contribution in [0.5, 0.6) is 11.5 Å². The lowest BCUT2D eigenvalue weighted by Crippen LogP contribution is -2.28. The summed E-state index contributed by atoms with van der Waals surface area (Å²) in [7, 11) is 3.40. The predicted octanol–water partition coefficient (Wildman–Crippen LogP) is 3.12. The number of carbonyl (C=O) groups excluding carboxylic acids is 1. The van der Waals surface area contributed by atoms with Crippen molar-refractivity contribution in [1.29, 1.82) is 0 Å². The summed E-state index contributed by atoms with van der Waals surface area (Å²) < 4.78 is 11.0. The summed E-state index contributed by atoms with van der Waals surface area (Å²) >= 11 is 0. The molecule has 6 heteroatoms. The Labute approximate surface area is 142 Å². The third-order valence-corrected chi connectivity index (χ3v) is 3.69. The molecule has 0 bridgehead atoms. The van der Waals surface area contributed by atoms with Gasteiger partial charge in [-0.2, -0.15) is 5.10 Å². The van der Waals surface area contributed by atoms with Gasteiger partial charge in [-0.1, -0.05) is 26.0 Å². The molecule has 1 N–H and O–H groups in total. The second kappa shape index (κ2) is 8.38. The molecule has 0 unspecified atom stereocenters. The highest BCUT2D eigenvalue weighted by Crippen LogP contribution is 2.26. The van der Waals surface area contributed by atoms with E-state index in [9.17, 15) is 4.79 Å². The Morgan fingerprint density at radius 3 is 2.67 bits per heavy atom. The zero-order valence-electron chi connectivity index (χ0n) is 14.7. The Bertz CT molecular complexity index is 667. The fourth-order valence-electron chi connectivity index (χ4n) is 2.19. The number of hydrogen-bond donors (Lipinski definition) is 1. The Morgan fingerprint density at radius 1 is 1.29 bits per heavy atom. The van der Waals surface area contributed by atoms with Crippen LogP contribution in [0, 0.1) is 5.92 Å². The van der Waals surface area contributed by atoms with Gasteiger partial charge in [0.05, 0.1) is 12.8 Å². The van der Waals surface area contributed by atoms with Crippen LogP contribution >= 0.6 is 0 Å². The average Bonchev–Trinajstić information content (AvgIpc) is 3.06. The number of benzene rings is 1. The molecule has 1 amide bonds. The van der Waals surface area contributed by atoms with Crippen LogP contribution in [0.2, 0.25) is 0 Å². The Kier molecular flexibility index (Phi) is 6.23. The lowest BCUT2D eigenvalue weighted by Gasteiger charge is -2.16. The van der Waals surface area contributed by atoms with Crippen LogP contribution in [0.4, 0.5) is 0 Å². The normalized spacial score (nSPS) is 10.7. The van der Waals surface area contributed by atoms with Gasteiger partial charge < -0.3 is 14.4 Å². The summed E-state index contributed by atoms with van der Waals surface area (Å²) in [5.41, 5.74) is 1.14. The van der Waals surface area contributed by atoms with E-state index in [2.05, 4.69) is 24.0 Å². The molecule has 1 aromatic heterocycles. The van der Waals surface area contributed by atoms with Crippen molar-refractivity contribution in [2.24, 2.45) is 5.92 Å². The van der Waals surface area contributed by atoms with Gasteiger partial charge in [0.1, 0.15) is 6.61 Å². The number of carbonyl (C=O) groups is 1. The highest BCUT2D eigenvalue weighted by Gasteiger charge is 2.16. The smallest absolute Gasteiger partial charge is 0.274 e. The number of aromatic nitrogens is 2. The first-order valence-corrected chi connectivity index (χ1v) is 8.06. The minimum atomic E-state index is -0.0876. The number of H-pyrrole nitrogens is 1. The molecule has 0 fully saturated rings. The second-order valence-corrected chi connectivity index (χ2v) is 6.13. The number of hydrogen-bond acceptors (Lipinski definition) is 4. The largest absolute Gasteiger partial charge is 0.493 e. The van der Waals surface area contributed by atoms with Crippen molar-refractivity contribution < 1.29 is 14.3 Å². The monoisotopic (exact) mass is 331 g/mol. The van der Waals surface area contributed by atoms with Crippen molar-refractivity contribution in [2.75, 3.05) is 20.7 Å². The molecule has 0 radical (unpaired) electrons. The van der Waals surface area contributed by atoms with Crippen molar-refractivity contribution >= 4 is 5.91 Å². The van der Waals surface area contributed by atoms with E-state index in [4.69, 9.17) is 9.47 Å². The zero-order valence-corrected chi connectivity index (χ0v) is 14.7. The van der Waals surface area contributed by atoms with Crippen LogP contribution in [0.3, 0.4) is 0 Å². The first-order valence-electron chi connectivity index (χ1n) is 8.06. The van der Waals surface area contributed by atoms with Crippen molar-refractivity contribution in [3.8, 4) is 11.5 Å². The molecule has 0 atom stereocenters. The number of nitrogens with zero attached hydrogens (tertiary/aromatic N) is 2. The highest BCUT2D eigenvalue weighted by molar-refractivity contribution is 5.92. The van der Waals surface area contributed by atoms with E-state index in [0.717, 1.165) is 18.7 Å². The number of methoxy groups -OCH3 is 1. The van der Waals surface area contributed by atoms with Crippen molar-refractivity contribution in [3.05, 3.63) is 41.7 Å². The molecule has 6 nitrogen and oxygen atoms in total. The molecule has 1 heterocycles. The van der Waals surface area contributed by atoms with Crippen LogP contribution in [0.15, 0.2) is 30.3 Å². The van der Waals surface area contributed by atoms with Gasteiger partial charge in [-0.25, -0.2) is 0 Å². The van der Waals surface area contributed by atoms with Gasteiger partial charge in [0.2, 0.25) is 0 Å². The second-order valence-electron chi connectivity index (χ2n) is 6.13. The lowest BCUT2D eigenvalue weighted by atomic mass is 10.1. The maximum absolute atomic E-state index is 12.3. The van der Waals surface area contributed by atoms with Crippen LogP contribution < -0.4 is 9.47 Å². The Balaban J connectivity index is 1.94. The molecule has 130 valence electrons. The third kappa shape index (κ3) is 4.75. The standard InChI is InChI=1S/C18H25N3O3/c1-13(2)9-10-21(3)18(22)15-11-14(19-20-15)12-24-17-8-6-5-7-16(17)23-4/h5-8,11,13H,9-10,12H2,1-4H3,(H,19,20). The summed E-state index contributed by atoms with van der Waals surface area (Å²) in [6.07, 6.45) is 0.969. The first kappa shape index (κ1) is 17.8. The van der Waals surface area contributed by atoms with E-state index in [1.54, 1.807) is 25.1 Å². The summed E-state index contributed by atoms with van der Waals surface area (Å²) in [6, 6.07) is 9.15. The Hall–Kier alpha value is -2.50. The number of aromatic amines is 1. The quantitative estimate of drug-likeness (QED) is 0.807. The van der Waals surface area contributed by atoms with Crippen LogP contribution in [-0.2, 0) is 6.61 Å². The molecule has 0 aliphatic heterocycles. The summed E-state index contributed by atoms with van der Waals surface area (Å²) in [6.45, 7) is 5.28. The van der Waals surface area contributed by atoms with E-state index in [1.165, 1.54) is 0 Å². The van der Waals surface area contributed by atoms with Gasteiger partial charge >= 0.3 is 0 Å². The molecule has 0 aliphatic rings. The molecule has 0 saturated heterocycles. The highest BCUT2D eigenvalue weighted by atomic mass is 16.5. The van der Waals surface area contributed by atoms with Crippen molar-refractivity contribution in [3.63, 3.8) is 0 Å². The maximum Gasteiger partial charge on any atom is 0.274 e. The van der Waals surface area contributed by atoms with Crippen molar-refractivity contribution in [1.82, 2.24) is 15.1 Å². The fourth-order valence-corrected chi connectivity index (χ4v) is 2.19. The topological polar surface area (TPSA) is 67.5 Å². The molecule has 2 rings (SSSR count). The summed E-state index contributed by atoms with van der Waals surface area (Å²) in [5.74, 6) is 1.79. The molecule has 1 aromatic carbocycles. The van der Waals surface area contributed by atoms with E-state index < -0.39 is 0 Å². The van der Waals surface area contributed by atoms with E-state index in [-0.39, 0.29) is 12.5 Å². The first-order chi connectivity index (χ1) is 11.5. The zero-order chi connectivity index (χ0) is 17.5. The molecule has 0 aliphatic carbocycles. The number of amides is 1. The molecule has 24 heavy (non-hydrogen) atoms. The Morgan fingerprint density at radius 2 is 2.00 bits per heavy atom. The van der Waals surface area contributed by atoms with Crippen LogP contribution in [0.1, 0.15) is 36.5 Å². The molecule has 0 spiro atoms. The van der Waals surface area contributed by atoms with Crippen LogP contribution in [0.25, 0.3) is 0 Å². The fraction of sp³-hybridized carbons (Fsp3) is 0.444. The SMILES string of the molecule is COc1ccccc1OCc1cc(C(=O)N(C)CCC(C)C)n[nH]1. The molecule has 0 saturated carbocycles. The maximum atomic E-state index is 12.3. The van der Waals surface area contributed by atoms with Gasteiger partial charge in [-0.15, -0.1) is 0 Å². The molecular formula is C18H25N3O3. The van der Waals surface area contributed by atoms with Gasteiger partial charge in [0.15, 0.2) is 17.2 Å². The third-order valence-electron chi connectivity index (χ3n) is 3.69. The van der Waals surface area contributed by atoms with Gasteiger partial charge in [-0.3, -0.25) is 9.89 Å². The molecular weight excluding hydrogens is 306 g/mol. The van der Waals surface area contributed by atoms with E-state index in [0.29, 0.717) is 23.1 Å². The summed E-state index contributed by atoms with van der Waals surface area (Å²) in [5, 5.41) is 6.94. The van der Waals surface area contributed by atoms with Gasteiger partial charge in [0, 0.05) is 13.6 Å². The number of ether oxygens (including phenoxy) is 2. The predicted molar refractivity (Wildman–Crippen MR) is 92.3 cm³/mol. The van der Waals surface area contributed by atoms with E-state index in [1.807, 2.05) is 24.3 Å².